The van der Waals surface area contributed by atoms with Gasteiger partial charge < -0.3 is 5.11 Å². The van der Waals surface area contributed by atoms with Crippen molar-refractivity contribution in [3.8, 4) is 5.75 Å². The molecule has 1 N–H and O–H groups in total. The van der Waals surface area contributed by atoms with E-state index in [-0.39, 0.29) is 5.75 Å². The summed E-state index contributed by atoms with van der Waals surface area (Å²) in [7, 11) is 9.47. The Balaban J connectivity index is 0.00000170. The maximum atomic E-state index is 11.1. The van der Waals surface area contributed by atoms with Gasteiger partial charge in [0, 0.05) is 28.6 Å². The van der Waals surface area contributed by atoms with Crippen LogP contribution in [0.3, 0.4) is 0 Å². The summed E-state index contributed by atoms with van der Waals surface area (Å²) in [4.78, 5) is 9.73. The molecule has 0 spiro atoms. The summed E-state index contributed by atoms with van der Waals surface area (Å²) in [6.45, 7) is 17.4. The fourth-order valence-electron chi connectivity index (χ4n) is 4.43. The molecule has 0 atom stereocenters. The van der Waals surface area contributed by atoms with Gasteiger partial charge in [0.15, 0.2) is 0 Å². The van der Waals surface area contributed by atoms with Crippen LogP contribution in [0.25, 0.3) is 0 Å². The van der Waals surface area contributed by atoms with Gasteiger partial charge in [-0.3, -0.25) is 9.98 Å². The Hall–Kier alpha value is -1.82. The molecule has 0 heterocycles. The number of phenolic OH excluding ortho intramolecular Hbond substituents is 1. The van der Waals surface area contributed by atoms with Gasteiger partial charge in [0.1, 0.15) is 5.75 Å². The predicted molar refractivity (Wildman–Crippen MR) is 169 cm³/mol. The molecule has 3 aromatic rings. The van der Waals surface area contributed by atoms with Crippen molar-refractivity contribution < 1.29 is 18.0 Å². The molecule has 0 aromatic heterocycles. The summed E-state index contributed by atoms with van der Waals surface area (Å²) in [6.07, 6.45) is 3.43. The zero-order valence-corrected chi connectivity index (χ0v) is 27.2. The Bertz CT molecular complexity index is 1150. The average molecular weight is 633 g/mol. The van der Waals surface area contributed by atoms with Gasteiger partial charge in [-0.25, -0.2) is 0 Å². The minimum atomic E-state index is 0.119. The Kier molecular flexibility index (Phi) is 13.6. The number of hydrogen-bond donors (Lipinski definition) is 1. The molecule has 3 rings (SSSR count). The Morgan fingerprint density at radius 1 is 0.641 bits per heavy atom. The molecule has 0 unspecified atom stereocenters. The molecule has 0 fully saturated rings. The third-order valence-corrected chi connectivity index (χ3v) is 6.70. The Morgan fingerprint density at radius 2 is 0.923 bits per heavy atom. The maximum absolute atomic E-state index is 11.1. The van der Waals surface area contributed by atoms with Crippen LogP contribution in [0.2, 0.25) is 5.02 Å². The van der Waals surface area contributed by atoms with Crippen molar-refractivity contribution in [2.75, 3.05) is 0 Å². The molecule has 0 aliphatic rings. The minimum absolute atomic E-state index is 0.119. The first kappa shape index (κ1) is 33.4. The van der Waals surface area contributed by atoms with Gasteiger partial charge in [0.2, 0.25) is 0 Å². The number of phenols is 1. The summed E-state index contributed by atoms with van der Waals surface area (Å²) in [5, 5.41) is 11.7. The first-order valence-corrected chi connectivity index (χ1v) is 16.4. The van der Waals surface area contributed by atoms with E-state index in [9.17, 15) is 5.11 Å². The first-order valence-electron chi connectivity index (χ1n) is 13.1. The molecule has 0 saturated carbocycles. The number of nitrogens with zero attached hydrogens (tertiary/aromatic N) is 2. The summed E-state index contributed by atoms with van der Waals surface area (Å²) in [6, 6.07) is 16.2. The SMILES string of the molecule is CC(C)c1cccc(C(C)C)c1N=Cc1cc(Cl)cc(C=Nc2c(C(C)C)cccc2C(C)C)c1O.[Cl][Co][Cl]. The van der Waals surface area contributed by atoms with Crippen molar-refractivity contribution in [1.82, 2.24) is 0 Å². The van der Waals surface area contributed by atoms with Crippen molar-refractivity contribution in [2.45, 2.75) is 79.1 Å². The fourth-order valence-corrected chi connectivity index (χ4v) is 4.66. The molecule has 0 amide bonds. The van der Waals surface area contributed by atoms with Crippen LogP contribution in [0.15, 0.2) is 58.5 Å². The van der Waals surface area contributed by atoms with E-state index in [2.05, 4.69) is 91.8 Å². The summed E-state index contributed by atoms with van der Waals surface area (Å²) >= 11 is 6.86. The zero-order chi connectivity index (χ0) is 29.3. The predicted octanol–water partition coefficient (Wildman–Crippen LogP) is 11.4. The number of para-hydroxylation sites is 2. The van der Waals surface area contributed by atoms with Gasteiger partial charge in [0.05, 0.1) is 11.4 Å². The van der Waals surface area contributed by atoms with Gasteiger partial charge in [-0.1, -0.05) is 103 Å². The van der Waals surface area contributed by atoms with Gasteiger partial charge in [-0.15, -0.1) is 0 Å². The molecule has 0 bridgehead atoms. The molecule has 0 aliphatic carbocycles. The summed E-state index contributed by atoms with van der Waals surface area (Å²) in [5.41, 5.74) is 7.81. The fraction of sp³-hybridized carbons (Fsp3) is 0.375. The second-order valence-corrected chi connectivity index (χ2v) is 12.8. The molecule has 3 aromatic carbocycles. The summed E-state index contributed by atoms with van der Waals surface area (Å²) in [5.74, 6) is 1.46. The van der Waals surface area contributed by atoms with Crippen LogP contribution in [0.1, 0.15) is 112 Å². The van der Waals surface area contributed by atoms with E-state index in [4.69, 9.17) is 41.9 Å². The van der Waals surface area contributed by atoms with E-state index in [1.165, 1.54) is 22.3 Å². The average Bonchev–Trinajstić information content (AvgIpc) is 2.87. The molecule has 7 heteroatoms. The van der Waals surface area contributed by atoms with Crippen molar-refractivity contribution in [1.29, 1.82) is 0 Å². The second-order valence-electron chi connectivity index (χ2n) is 10.7. The third-order valence-electron chi connectivity index (χ3n) is 6.48. The van der Waals surface area contributed by atoms with Crippen molar-refractivity contribution >= 4 is 55.7 Å². The van der Waals surface area contributed by atoms with Crippen LogP contribution < -0.4 is 0 Å². The quantitative estimate of drug-likeness (QED) is 0.247. The van der Waals surface area contributed by atoms with Crippen LogP contribution in [0, 0.1) is 0 Å². The van der Waals surface area contributed by atoms with Crippen molar-refractivity contribution in [3.63, 3.8) is 0 Å². The van der Waals surface area contributed by atoms with Crippen LogP contribution in [-0.4, -0.2) is 17.5 Å². The van der Waals surface area contributed by atoms with Crippen molar-refractivity contribution in [3.05, 3.63) is 86.9 Å². The normalized spacial score (nSPS) is 12.0. The molecular formula is C32H39Cl3CoN2O. The zero-order valence-electron chi connectivity index (χ0n) is 23.9. The van der Waals surface area contributed by atoms with Gasteiger partial charge >= 0.3 is 33.2 Å². The van der Waals surface area contributed by atoms with Crippen LogP contribution in [-0.2, 0) is 12.9 Å². The Labute approximate surface area is 254 Å². The van der Waals surface area contributed by atoms with E-state index in [0.717, 1.165) is 11.4 Å². The number of aliphatic imine (C=N–C) groups is 2. The number of hydrogen-bond acceptors (Lipinski definition) is 3. The molecule has 213 valence electrons. The van der Waals surface area contributed by atoms with Crippen LogP contribution in [0.5, 0.6) is 5.75 Å². The molecular weight excluding hydrogens is 594 g/mol. The van der Waals surface area contributed by atoms with Crippen LogP contribution in [0.4, 0.5) is 11.4 Å². The Morgan fingerprint density at radius 3 is 1.18 bits per heavy atom. The van der Waals surface area contributed by atoms with Crippen LogP contribution >= 0.6 is 31.9 Å². The molecule has 0 saturated heterocycles. The topological polar surface area (TPSA) is 45.0 Å². The molecule has 0 aliphatic heterocycles. The molecule has 39 heavy (non-hydrogen) atoms. The standard InChI is InChI=1S/C32H39ClN2O.2ClH.Co/c1-19(2)26-11-9-12-27(20(3)4)30(26)34-17-23-15-25(33)16-24(32(23)36)18-35-31-28(21(5)6)13-10-14-29(31)22(7)8;;;/h9-22,36H,1-8H3;2*1H;/q;;;+2/p-2. The van der Waals surface area contributed by atoms with E-state index in [1.807, 2.05) is 0 Å². The van der Waals surface area contributed by atoms with Gasteiger partial charge in [-0.2, -0.15) is 0 Å². The number of halogens is 3. The molecule has 0 radical (unpaired) electrons. The first-order chi connectivity index (χ1) is 18.4. The van der Waals surface area contributed by atoms with E-state index >= 15 is 0 Å². The molecule has 3 nitrogen and oxygen atoms in total. The number of aromatic hydroxyl groups is 1. The van der Waals surface area contributed by atoms with E-state index in [0.29, 0.717) is 52.7 Å². The van der Waals surface area contributed by atoms with Gasteiger partial charge in [-0.05, 0) is 58.1 Å². The summed E-state index contributed by atoms with van der Waals surface area (Å²) < 4.78 is 0. The van der Waals surface area contributed by atoms with Crippen molar-refractivity contribution in [2.24, 2.45) is 9.98 Å². The second kappa shape index (κ2) is 15.8. The van der Waals surface area contributed by atoms with E-state index < -0.39 is 0 Å². The van der Waals surface area contributed by atoms with Gasteiger partial charge in [0.25, 0.3) is 0 Å². The third kappa shape index (κ3) is 9.09. The van der Waals surface area contributed by atoms with E-state index in [1.54, 1.807) is 24.6 Å². The number of rotatable bonds is 8. The monoisotopic (exact) mass is 631 g/mol. The number of benzene rings is 3.